The number of nitrogens with zero attached hydrogens (tertiary/aromatic N) is 3. The highest BCUT2D eigenvalue weighted by Crippen LogP contribution is 2.10. The number of hydrogen-bond donors (Lipinski definition) is 2. The van der Waals surface area contributed by atoms with Crippen LogP contribution < -0.4 is 5.32 Å². The second kappa shape index (κ2) is 4.19. The molecular formula is C8H8BrN5. The van der Waals surface area contributed by atoms with Crippen molar-refractivity contribution < 1.29 is 0 Å². The lowest BCUT2D eigenvalue weighted by molar-refractivity contribution is 0.881. The van der Waals surface area contributed by atoms with Crippen molar-refractivity contribution in [3.8, 4) is 0 Å². The molecule has 0 saturated carbocycles. The zero-order valence-electron chi connectivity index (χ0n) is 7.24. The molecule has 0 bridgehead atoms. The average Bonchev–Trinajstić information content (AvgIpc) is 2.70. The molecule has 0 amide bonds. The Hall–Kier alpha value is -1.43. The minimum Gasteiger partial charge on any atom is -0.348 e. The van der Waals surface area contributed by atoms with Crippen molar-refractivity contribution in [2.24, 2.45) is 0 Å². The minimum absolute atomic E-state index is 0.507. The van der Waals surface area contributed by atoms with Gasteiger partial charge >= 0.3 is 0 Å². The highest BCUT2D eigenvalue weighted by Gasteiger charge is 1.96. The van der Waals surface area contributed by atoms with Gasteiger partial charge in [0.05, 0.1) is 0 Å². The lowest BCUT2D eigenvalue weighted by Crippen LogP contribution is -2.00. The molecule has 0 unspecified atom stereocenters. The molecule has 72 valence electrons. The summed E-state index contributed by atoms with van der Waals surface area (Å²) in [5.41, 5.74) is 1.16. The maximum absolute atomic E-state index is 3.78. The molecule has 0 aliphatic carbocycles. The van der Waals surface area contributed by atoms with Crippen LogP contribution in [-0.2, 0) is 6.54 Å². The van der Waals surface area contributed by atoms with E-state index in [1.165, 1.54) is 0 Å². The van der Waals surface area contributed by atoms with E-state index in [0.717, 1.165) is 10.0 Å². The van der Waals surface area contributed by atoms with Crippen LogP contribution in [0.4, 0.5) is 5.95 Å². The van der Waals surface area contributed by atoms with E-state index in [1.54, 1.807) is 0 Å². The first-order chi connectivity index (χ1) is 6.84. The smallest absolute Gasteiger partial charge is 0.263 e. The maximum Gasteiger partial charge on any atom is 0.263 e. The van der Waals surface area contributed by atoms with Gasteiger partial charge in [0.2, 0.25) is 0 Å². The summed E-state index contributed by atoms with van der Waals surface area (Å²) in [6.07, 6.45) is 0. The third-order valence-corrected chi connectivity index (χ3v) is 2.24. The van der Waals surface area contributed by atoms with Gasteiger partial charge in [-0.25, -0.2) is 0 Å². The fourth-order valence-corrected chi connectivity index (χ4v) is 1.28. The largest absolute Gasteiger partial charge is 0.348 e. The first-order valence-corrected chi connectivity index (χ1v) is 4.85. The van der Waals surface area contributed by atoms with Crippen LogP contribution in [0.25, 0.3) is 0 Å². The van der Waals surface area contributed by atoms with Crippen molar-refractivity contribution in [1.29, 1.82) is 0 Å². The number of halogens is 1. The number of aromatic nitrogens is 4. The number of benzene rings is 1. The Bertz CT molecular complexity index is 383. The third kappa shape index (κ3) is 2.29. The summed E-state index contributed by atoms with van der Waals surface area (Å²) < 4.78 is 1.07. The second-order valence-electron chi connectivity index (χ2n) is 2.72. The molecule has 6 heteroatoms. The van der Waals surface area contributed by atoms with Crippen LogP contribution in [0.1, 0.15) is 5.56 Å². The first kappa shape index (κ1) is 9.14. The summed E-state index contributed by atoms with van der Waals surface area (Å²) in [5.74, 6) is 0.507. The maximum atomic E-state index is 3.78. The summed E-state index contributed by atoms with van der Waals surface area (Å²) >= 11 is 3.38. The van der Waals surface area contributed by atoms with Gasteiger partial charge < -0.3 is 5.32 Å². The van der Waals surface area contributed by atoms with Gasteiger partial charge in [0.1, 0.15) is 0 Å². The second-order valence-corrected chi connectivity index (χ2v) is 3.63. The van der Waals surface area contributed by atoms with Crippen LogP contribution in [0.15, 0.2) is 28.7 Å². The van der Waals surface area contributed by atoms with Crippen molar-refractivity contribution in [2.75, 3.05) is 5.32 Å². The van der Waals surface area contributed by atoms with Crippen molar-refractivity contribution in [1.82, 2.24) is 20.6 Å². The number of anilines is 1. The molecule has 0 saturated heterocycles. The Labute approximate surface area is 89.0 Å². The Balaban J connectivity index is 1.95. The van der Waals surface area contributed by atoms with Gasteiger partial charge in [-0.15, -0.1) is 5.10 Å². The van der Waals surface area contributed by atoms with Gasteiger partial charge in [0, 0.05) is 11.0 Å². The van der Waals surface area contributed by atoms with E-state index in [9.17, 15) is 0 Å². The van der Waals surface area contributed by atoms with Crippen molar-refractivity contribution in [2.45, 2.75) is 6.54 Å². The van der Waals surface area contributed by atoms with Crippen molar-refractivity contribution in [3.05, 3.63) is 34.3 Å². The molecule has 0 radical (unpaired) electrons. The molecule has 0 aliphatic heterocycles. The van der Waals surface area contributed by atoms with E-state index < -0.39 is 0 Å². The standard InChI is InChI=1S/C8H8BrN5/c9-7-3-1-6(2-4-7)5-10-8-11-13-14-12-8/h1-4H,5H2,(H2,10,11,12,13,14). The summed E-state index contributed by atoms with van der Waals surface area (Å²) in [4.78, 5) is 0. The molecule has 2 rings (SSSR count). The van der Waals surface area contributed by atoms with Gasteiger partial charge in [-0.1, -0.05) is 33.2 Å². The molecule has 14 heavy (non-hydrogen) atoms. The van der Waals surface area contributed by atoms with E-state index in [2.05, 4.69) is 41.9 Å². The quantitative estimate of drug-likeness (QED) is 0.872. The van der Waals surface area contributed by atoms with Gasteiger partial charge in [0.25, 0.3) is 5.95 Å². The van der Waals surface area contributed by atoms with E-state index >= 15 is 0 Å². The SMILES string of the molecule is Brc1ccc(CNc2nn[nH]n2)cc1. The molecule has 2 aromatic rings. The van der Waals surface area contributed by atoms with E-state index in [1.807, 2.05) is 24.3 Å². The highest BCUT2D eigenvalue weighted by molar-refractivity contribution is 9.10. The molecular weight excluding hydrogens is 246 g/mol. The summed E-state index contributed by atoms with van der Waals surface area (Å²) in [5, 5.41) is 16.4. The normalized spacial score (nSPS) is 10.1. The van der Waals surface area contributed by atoms with Crippen LogP contribution in [-0.4, -0.2) is 20.6 Å². The van der Waals surface area contributed by atoms with Gasteiger partial charge in [-0.05, 0) is 22.9 Å². The highest BCUT2D eigenvalue weighted by atomic mass is 79.9. The first-order valence-electron chi connectivity index (χ1n) is 4.06. The fraction of sp³-hybridized carbons (Fsp3) is 0.125. The fourth-order valence-electron chi connectivity index (χ4n) is 1.02. The monoisotopic (exact) mass is 253 g/mol. The molecule has 5 nitrogen and oxygen atoms in total. The van der Waals surface area contributed by atoms with Crippen LogP contribution in [0, 0.1) is 0 Å². The predicted molar refractivity (Wildman–Crippen MR) is 55.6 cm³/mol. The summed E-state index contributed by atoms with van der Waals surface area (Å²) in [6.45, 7) is 0.687. The summed E-state index contributed by atoms with van der Waals surface area (Å²) in [6, 6.07) is 8.04. The van der Waals surface area contributed by atoms with E-state index in [-0.39, 0.29) is 0 Å². The van der Waals surface area contributed by atoms with Crippen LogP contribution in [0.2, 0.25) is 0 Å². The van der Waals surface area contributed by atoms with Crippen molar-refractivity contribution in [3.63, 3.8) is 0 Å². The van der Waals surface area contributed by atoms with E-state index in [4.69, 9.17) is 0 Å². The van der Waals surface area contributed by atoms with Gasteiger partial charge in [-0.2, -0.15) is 5.21 Å². The molecule has 1 aromatic heterocycles. The van der Waals surface area contributed by atoms with Crippen LogP contribution in [0.3, 0.4) is 0 Å². The van der Waals surface area contributed by atoms with Gasteiger partial charge in [-0.3, -0.25) is 0 Å². The zero-order chi connectivity index (χ0) is 9.80. The van der Waals surface area contributed by atoms with Crippen molar-refractivity contribution >= 4 is 21.9 Å². The Morgan fingerprint density at radius 3 is 2.71 bits per heavy atom. The molecule has 0 spiro atoms. The lowest BCUT2D eigenvalue weighted by atomic mass is 10.2. The summed E-state index contributed by atoms with van der Waals surface area (Å²) in [7, 11) is 0. The molecule has 1 heterocycles. The zero-order valence-corrected chi connectivity index (χ0v) is 8.82. The van der Waals surface area contributed by atoms with Gasteiger partial charge in [0.15, 0.2) is 0 Å². The number of H-pyrrole nitrogens is 1. The van der Waals surface area contributed by atoms with E-state index in [0.29, 0.717) is 12.5 Å². The predicted octanol–water partition coefficient (Wildman–Crippen LogP) is 1.57. The molecule has 0 fully saturated rings. The molecule has 0 atom stereocenters. The number of rotatable bonds is 3. The van der Waals surface area contributed by atoms with Crippen LogP contribution in [0.5, 0.6) is 0 Å². The average molecular weight is 254 g/mol. The Morgan fingerprint density at radius 2 is 2.07 bits per heavy atom. The topological polar surface area (TPSA) is 66.5 Å². The Morgan fingerprint density at radius 1 is 1.29 bits per heavy atom. The number of nitrogens with one attached hydrogen (secondary N) is 2. The number of hydrogen-bond acceptors (Lipinski definition) is 4. The Kier molecular flexibility index (Phi) is 2.73. The third-order valence-electron chi connectivity index (χ3n) is 1.71. The molecule has 1 aromatic carbocycles. The molecule has 2 N–H and O–H groups in total. The lowest BCUT2D eigenvalue weighted by Gasteiger charge is -2.01. The number of aromatic amines is 1. The van der Waals surface area contributed by atoms with Crippen LogP contribution >= 0.6 is 15.9 Å². The minimum atomic E-state index is 0.507. The molecule has 0 aliphatic rings. The number of tetrazole rings is 1.